The number of anilines is 2. The van der Waals surface area contributed by atoms with Crippen molar-refractivity contribution in [1.29, 1.82) is 0 Å². The first-order valence-electron chi connectivity index (χ1n) is 17.4. The highest BCUT2D eigenvalue weighted by molar-refractivity contribution is 6.10. The zero-order valence-corrected chi connectivity index (χ0v) is 27.7. The molecule has 242 valence electrons. The van der Waals surface area contributed by atoms with E-state index in [2.05, 4.69) is 144 Å². The molecule has 0 N–H and O–H groups in total. The third-order valence-corrected chi connectivity index (χ3v) is 10.1. The predicted molar refractivity (Wildman–Crippen MR) is 209 cm³/mol. The van der Waals surface area contributed by atoms with Gasteiger partial charge in [-0.3, -0.25) is 0 Å². The van der Waals surface area contributed by atoms with Gasteiger partial charge in [0.2, 0.25) is 5.89 Å². The molecule has 51 heavy (non-hydrogen) atoms. The lowest BCUT2D eigenvalue weighted by Crippen LogP contribution is -2.32. The highest BCUT2D eigenvalue weighted by atomic mass is 16.3. The summed E-state index contributed by atoms with van der Waals surface area (Å²) in [4.78, 5) is 7.51. The first kappa shape index (κ1) is 29.3. The van der Waals surface area contributed by atoms with Gasteiger partial charge in [0.25, 0.3) is 0 Å². The smallest absolute Gasteiger partial charge is 0.227 e. The van der Waals surface area contributed by atoms with Crippen molar-refractivity contribution in [1.82, 2.24) is 4.98 Å². The van der Waals surface area contributed by atoms with E-state index in [4.69, 9.17) is 13.8 Å². The molecule has 0 saturated carbocycles. The summed E-state index contributed by atoms with van der Waals surface area (Å²) in [7, 11) is 0. The van der Waals surface area contributed by atoms with Crippen molar-refractivity contribution >= 4 is 50.3 Å². The summed E-state index contributed by atoms with van der Waals surface area (Å²) >= 11 is 0. The molecule has 0 bridgehead atoms. The molecule has 7 aromatic carbocycles. The van der Waals surface area contributed by atoms with E-state index in [1.165, 1.54) is 22.1 Å². The van der Waals surface area contributed by atoms with Gasteiger partial charge in [0.1, 0.15) is 16.9 Å². The quantitative estimate of drug-likeness (QED) is 0.179. The van der Waals surface area contributed by atoms with Crippen molar-refractivity contribution in [3.63, 3.8) is 0 Å². The van der Waals surface area contributed by atoms with Gasteiger partial charge in [-0.05, 0) is 76.7 Å². The van der Waals surface area contributed by atoms with Gasteiger partial charge in [-0.25, -0.2) is 4.98 Å². The molecule has 1 aliphatic rings. The molecule has 0 fully saturated rings. The molecule has 2 aromatic heterocycles. The minimum atomic E-state index is 0.0864. The Morgan fingerprint density at radius 1 is 0.549 bits per heavy atom. The Hall–Kier alpha value is -6.65. The van der Waals surface area contributed by atoms with Crippen molar-refractivity contribution in [2.75, 3.05) is 4.90 Å². The summed E-state index contributed by atoms with van der Waals surface area (Å²) < 4.78 is 12.7. The maximum Gasteiger partial charge on any atom is 0.227 e. The lowest BCUT2D eigenvalue weighted by Gasteiger charge is -2.34. The van der Waals surface area contributed by atoms with E-state index in [0.717, 1.165) is 67.7 Å². The topological polar surface area (TPSA) is 42.4 Å². The maximum atomic E-state index is 6.49. The van der Waals surface area contributed by atoms with Crippen LogP contribution < -0.4 is 4.90 Å². The highest BCUT2D eigenvalue weighted by Crippen LogP contribution is 2.40. The lowest BCUT2D eigenvalue weighted by atomic mass is 9.94. The molecule has 1 aliphatic carbocycles. The van der Waals surface area contributed by atoms with Crippen molar-refractivity contribution < 1.29 is 8.83 Å². The Balaban J connectivity index is 1.07. The summed E-state index contributed by atoms with van der Waals surface area (Å²) in [6, 6.07) is 57.5. The molecule has 0 radical (unpaired) electrons. The molecular weight excluding hydrogens is 625 g/mol. The van der Waals surface area contributed by atoms with Gasteiger partial charge in [-0.2, -0.15) is 0 Å². The molecule has 4 heteroatoms. The van der Waals surface area contributed by atoms with Crippen molar-refractivity contribution in [3.8, 4) is 33.7 Å². The number of benzene rings is 7. The van der Waals surface area contributed by atoms with Crippen LogP contribution in [0.5, 0.6) is 0 Å². The van der Waals surface area contributed by atoms with Gasteiger partial charge >= 0.3 is 0 Å². The van der Waals surface area contributed by atoms with E-state index in [1.54, 1.807) is 0 Å². The number of hydrogen-bond donors (Lipinski definition) is 0. The van der Waals surface area contributed by atoms with Gasteiger partial charge in [0, 0.05) is 45.3 Å². The predicted octanol–water partition coefficient (Wildman–Crippen LogP) is 12.5. The molecule has 0 aliphatic heterocycles. The lowest BCUT2D eigenvalue weighted by molar-refractivity contribution is 0.590. The first-order valence-corrected chi connectivity index (χ1v) is 17.4. The van der Waals surface area contributed by atoms with Gasteiger partial charge in [-0.1, -0.05) is 121 Å². The largest absolute Gasteiger partial charge is 0.456 e. The normalized spacial score (nSPS) is 13.9. The molecule has 0 amide bonds. The van der Waals surface area contributed by atoms with Crippen LogP contribution in [0.4, 0.5) is 11.4 Å². The second-order valence-electron chi connectivity index (χ2n) is 13.1. The number of nitrogens with zero attached hydrogens (tertiary/aromatic N) is 2. The number of hydrogen-bond acceptors (Lipinski definition) is 4. The summed E-state index contributed by atoms with van der Waals surface area (Å²) in [5.41, 5.74) is 11.6. The van der Waals surface area contributed by atoms with Gasteiger partial charge in [-0.15, -0.1) is 0 Å². The van der Waals surface area contributed by atoms with E-state index < -0.39 is 0 Å². The molecule has 1 atom stereocenters. The second-order valence-corrected chi connectivity index (χ2v) is 13.1. The SMILES string of the molecule is C1=CC(N(c2ccc(-c3ccccc3)cc2)c2ccc(-c3cc4ccccc4c4oc(-c5ccccc5)nc34)cc2)Cc2c1oc1ccccc21. The molecule has 10 rings (SSSR count). The number of oxazole rings is 1. The Morgan fingerprint density at radius 3 is 1.90 bits per heavy atom. The number of fused-ring (bicyclic) bond motifs is 6. The average Bonchev–Trinajstić information content (AvgIpc) is 3.82. The third-order valence-electron chi connectivity index (χ3n) is 10.1. The summed E-state index contributed by atoms with van der Waals surface area (Å²) in [6.45, 7) is 0. The van der Waals surface area contributed by atoms with Crippen LogP contribution in [0.3, 0.4) is 0 Å². The molecule has 0 saturated heterocycles. The molecule has 4 nitrogen and oxygen atoms in total. The molecule has 2 heterocycles. The monoisotopic (exact) mass is 656 g/mol. The zero-order chi connectivity index (χ0) is 33.7. The minimum absolute atomic E-state index is 0.0864. The van der Waals surface area contributed by atoms with Gasteiger partial charge < -0.3 is 13.7 Å². The van der Waals surface area contributed by atoms with Crippen molar-refractivity contribution in [2.24, 2.45) is 0 Å². The Labute approximate surface area is 295 Å². The van der Waals surface area contributed by atoms with E-state index in [0.29, 0.717) is 5.89 Å². The van der Waals surface area contributed by atoms with E-state index >= 15 is 0 Å². The van der Waals surface area contributed by atoms with Gasteiger partial charge in [0.15, 0.2) is 5.58 Å². The van der Waals surface area contributed by atoms with Crippen LogP contribution in [0.1, 0.15) is 11.3 Å². The van der Waals surface area contributed by atoms with E-state index in [-0.39, 0.29) is 6.04 Å². The number of rotatable bonds is 6. The maximum absolute atomic E-state index is 6.49. The molecule has 1 unspecified atom stereocenters. The van der Waals surface area contributed by atoms with E-state index in [1.807, 2.05) is 36.4 Å². The fraction of sp³-hybridized carbons (Fsp3) is 0.0426. The summed E-state index contributed by atoms with van der Waals surface area (Å²) in [5, 5.41) is 3.36. The van der Waals surface area contributed by atoms with Crippen LogP contribution in [0.25, 0.3) is 72.6 Å². The Bertz CT molecular complexity index is 2710. The number of aromatic nitrogens is 1. The fourth-order valence-electron chi connectivity index (χ4n) is 7.56. The minimum Gasteiger partial charge on any atom is -0.456 e. The molecule has 0 spiro atoms. The van der Waals surface area contributed by atoms with Gasteiger partial charge in [0.05, 0.1) is 6.04 Å². The van der Waals surface area contributed by atoms with Crippen LogP contribution >= 0.6 is 0 Å². The second kappa shape index (κ2) is 12.0. The van der Waals surface area contributed by atoms with Crippen LogP contribution in [-0.4, -0.2) is 11.0 Å². The standard InChI is InChI=1S/C47H32N2O2/c1-3-11-31(12-4-1)32-19-23-36(24-20-32)49(38-27-28-44-42(30-38)40-17-9-10-18-43(40)50-44)37-25-21-33(22-26-37)41-29-35-15-7-8-16-39(35)46-45(41)48-47(51-46)34-13-5-2-6-14-34/h1-29,38H,30H2. The average molecular weight is 657 g/mol. The van der Waals surface area contributed by atoms with E-state index in [9.17, 15) is 0 Å². The Kier molecular flexibility index (Phi) is 6.91. The van der Waals surface area contributed by atoms with Crippen molar-refractivity contribution in [3.05, 3.63) is 181 Å². The van der Waals surface area contributed by atoms with Crippen LogP contribution in [0.2, 0.25) is 0 Å². The van der Waals surface area contributed by atoms with Crippen molar-refractivity contribution in [2.45, 2.75) is 12.5 Å². The van der Waals surface area contributed by atoms with Crippen LogP contribution in [0.15, 0.2) is 179 Å². The highest BCUT2D eigenvalue weighted by Gasteiger charge is 2.27. The summed E-state index contributed by atoms with van der Waals surface area (Å²) in [5.74, 6) is 1.57. The summed E-state index contributed by atoms with van der Waals surface area (Å²) in [6.07, 6.45) is 5.25. The molecule has 9 aromatic rings. The number of para-hydroxylation sites is 1. The Morgan fingerprint density at radius 2 is 1.16 bits per heavy atom. The third kappa shape index (κ3) is 5.12. The number of furan rings is 1. The molecular formula is C47H32N2O2. The zero-order valence-electron chi connectivity index (χ0n) is 27.7. The van der Waals surface area contributed by atoms with Crippen LogP contribution in [0, 0.1) is 0 Å². The fourth-order valence-corrected chi connectivity index (χ4v) is 7.56. The van der Waals surface area contributed by atoms with Crippen LogP contribution in [-0.2, 0) is 6.42 Å². The first-order chi connectivity index (χ1) is 25.3.